The van der Waals surface area contributed by atoms with Gasteiger partial charge in [-0.2, -0.15) is 10.4 Å². The monoisotopic (exact) mass is 467 g/mol. The zero-order valence-electron chi connectivity index (χ0n) is 20.0. The van der Waals surface area contributed by atoms with Crippen LogP contribution in [-0.4, -0.2) is 24.8 Å². The van der Waals surface area contributed by atoms with Gasteiger partial charge in [0.1, 0.15) is 0 Å². The third-order valence-corrected chi connectivity index (χ3v) is 8.18. The van der Waals surface area contributed by atoms with Crippen molar-refractivity contribution >= 4 is 33.9 Å². The highest BCUT2D eigenvalue weighted by molar-refractivity contribution is 7.14. The third-order valence-electron chi connectivity index (χ3n) is 7.43. The van der Waals surface area contributed by atoms with Crippen molar-refractivity contribution in [3.8, 4) is 17.3 Å². The lowest BCUT2D eigenvalue weighted by atomic mass is 9.47. The van der Waals surface area contributed by atoms with Gasteiger partial charge in [-0.15, -0.1) is 11.3 Å². The molecule has 0 spiro atoms. The van der Waals surface area contributed by atoms with Crippen LogP contribution < -0.4 is 10.3 Å². The van der Waals surface area contributed by atoms with Crippen LogP contribution in [0.3, 0.4) is 0 Å². The first-order valence-electron chi connectivity index (χ1n) is 11.6. The molecule has 6 heteroatoms. The second-order valence-electron chi connectivity index (χ2n) is 10.0. The summed E-state index contributed by atoms with van der Waals surface area (Å²) < 4.78 is 0. The van der Waals surface area contributed by atoms with Crippen molar-refractivity contribution in [2.45, 2.75) is 26.7 Å². The number of rotatable bonds is 5. The predicted molar refractivity (Wildman–Crippen MR) is 142 cm³/mol. The Labute approximate surface area is 205 Å². The molecule has 3 aliphatic rings. The van der Waals surface area contributed by atoms with Gasteiger partial charge in [0, 0.05) is 36.6 Å². The van der Waals surface area contributed by atoms with Gasteiger partial charge in [0.25, 0.3) is 0 Å². The Morgan fingerprint density at radius 2 is 1.88 bits per heavy atom. The summed E-state index contributed by atoms with van der Waals surface area (Å²) in [4.78, 5) is 6.84. The highest BCUT2D eigenvalue weighted by atomic mass is 32.1. The van der Waals surface area contributed by atoms with Crippen molar-refractivity contribution in [1.82, 2.24) is 4.98 Å². The van der Waals surface area contributed by atoms with E-state index in [9.17, 15) is 0 Å². The second kappa shape index (κ2) is 8.73. The first kappa shape index (κ1) is 22.4. The summed E-state index contributed by atoms with van der Waals surface area (Å²) in [5.74, 6) is 1.18. The molecule has 0 radical (unpaired) electrons. The van der Waals surface area contributed by atoms with E-state index in [-0.39, 0.29) is 5.41 Å². The Morgan fingerprint density at radius 1 is 1.15 bits per heavy atom. The van der Waals surface area contributed by atoms with E-state index in [0.717, 1.165) is 22.8 Å². The number of hydrazone groups is 1. The number of benzene rings is 2. The van der Waals surface area contributed by atoms with Crippen molar-refractivity contribution in [2.24, 2.45) is 22.4 Å². The Hall–Kier alpha value is -3.43. The number of hydrogen-bond acceptors (Lipinski definition) is 6. The normalized spacial score (nSPS) is 22.8. The van der Waals surface area contributed by atoms with Gasteiger partial charge in [-0.1, -0.05) is 38.1 Å². The molecule has 2 unspecified atom stereocenters. The fourth-order valence-corrected chi connectivity index (χ4v) is 5.72. The van der Waals surface area contributed by atoms with Crippen LogP contribution in [0.4, 0.5) is 10.8 Å². The molecule has 3 aliphatic carbocycles. The van der Waals surface area contributed by atoms with Crippen LogP contribution in [-0.2, 0) is 0 Å². The van der Waals surface area contributed by atoms with E-state index in [1.807, 2.05) is 29.6 Å². The molecule has 0 saturated heterocycles. The summed E-state index contributed by atoms with van der Waals surface area (Å²) in [6.07, 6.45) is 4.57. The van der Waals surface area contributed by atoms with E-state index in [0.29, 0.717) is 17.4 Å². The Kier molecular flexibility index (Phi) is 5.75. The molecular weight excluding hydrogens is 438 g/mol. The minimum absolute atomic E-state index is 0.281. The van der Waals surface area contributed by atoms with Crippen LogP contribution in [0.15, 0.2) is 64.6 Å². The molecule has 172 valence electrons. The van der Waals surface area contributed by atoms with E-state index >= 15 is 0 Å². The number of thiazole rings is 1. The van der Waals surface area contributed by atoms with Gasteiger partial charge in [0.15, 0.2) is 0 Å². The molecule has 5 nitrogen and oxygen atoms in total. The number of allylic oxidation sites excluding steroid dienone is 1. The Balaban J connectivity index is 1.39. The molecule has 1 N–H and O–H groups in total. The molecule has 3 aromatic rings. The molecule has 1 aromatic heterocycles. The molecule has 0 aliphatic heterocycles. The second-order valence-corrected chi connectivity index (χ2v) is 10.9. The largest absolute Gasteiger partial charge is 0.378 e. The zero-order valence-corrected chi connectivity index (χ0v) is 20.9. The number of nitrogens with zero attached hydrogens (tertiary/aromatic N) is 4. The van der Waals surface area contributed by atoms with Crippen LogP contribution in [0.5, 0.6) is 0 Å². The molecule has 2 atom stereocenters. The van der Waals surface area contributed by atoms with Crippen molar-refractivity contribution in [3.05, 3.63) is 70.6 Å². The summed E-state index contributed by atoms with van der Waals surface area (Å²) in [6.45, 7) is 4.74. The maximum Gasteiger partial charge on any atom is 0.203 e. The van der Waals surface area contributed by atoms with Crippen LogP contribution in [0.25, 0.3) is 17.3 Å². The number of hydrogen-bond donors (Lipinski definition) is 1. The van der Waals surface area contributed by atoms with Gasteiger partial charge in [0.2, 0.25) is 5.13 Å². The van der Waals surface area contributed by atoms with Crippen molar-refractivity contribution < 1.29 is 0 Å². The van der Waals surface area contributed by atoms with Crippen LogP contribution in [0.2, 0.25) is 0 Å². The third kappa shape index (κ3) is 4.12. The number of nitrogens with one attached hydrogen (secondary N) is 1. The topological polar surface area (TPSA) is 64.3 Å². The van der Waals surface area contributed by atoms with Gasteiger partial charge in [-0.05, 0) is 65.7 Å². The lowest BCUT2D eigenvalue weighted by molar-refractivity contribution is 0.0143. The van der Waals surface area contributed by atoms with Gasteiger partial charge in [-0.25, -0.2) is 4.98 Å². The van der Waals surface area contributed by atoms with Gasteiger partial charge in [-0.3, -0.25) is 5.43 Å². The van der Waals surface area contributed by atoms with Crippen molar-refractivity contribution in [1.29, 1.82) is 5.26 Å². The van der Waals surface area contributed by atoms with Gasteiger partial charge in [0.05, 0.1) is 23.0 Å². The predicted octanol–water partition coefficient (Wildman–Crippen LogP) is 6.67. The molecular formula is C28H29N5S. The summed E-state index contributed by atoms with van der Waals surface area (Å²) in [5.41, 5.74) is 11.0. The molecule has 2 bridgehead atoms. The molecule has 2 aromatic carbocycles. The van der Waals surface area contributed by atoms with Crippen molar-refractivity contribution in [2.75, 3.05) is 24.4 Å². The van der Waals surface area contributed by atoms with Crippen LogP contribution in [0.1, 0.15) is 37.8 Å². The number of aromatic nitrogens is 1. The van der Waals surface area contributed by atoms with E-state index in [1.165, 1.54) is 29.0 Å². The van der Waals surface area contributed by atoms with Gasteiger partial charge < -0.3 is 4.90 Å². The standard InChI is InChI=1S/C28H29N5S/c1-28(2)22-14-21(13-18-7-11-23(12-8-18)33(3)4)26(24(28)15-22)31-32-27-30-25(17-34-27)20-9-5-19(16-29)6-10-20/h5-13,17,22,24H,14-15H2,1-4H3,(H,30,32). The lowest BCUT2D eigenvalue weighted by Gasteiger charge is -2.57. The van der Waals surface area contributed by atoms with Crippen LogP contribution >= 0.6 is 11.3 Å². The Bertz CT molecular complexity index is 1290. The first-order chi connectivity index (χ1) is 16.3. The maximum absolute atomic E-state index is 9.01. The SMILES string of the molecule is CN(C)c1ccc(C=C2CC3CC(C2=NNc2nc(-c4ccc(C#N)cc4)cs2)C3(C)C)cc1. The fraction of sp³-hybridized carbons (Fsp3) is 0.321. The summed E-state index contributed by atoms with van der Waals surface area (Å²) >= 11 is 1.55. The van der Waals surface area contributed by atoms with E-state index in [4.69, 9.17) is 15.3 Å². The van der Waals surface area contributed by atoms with Gasteiger partial charge >= 0.3 is 0 Å². The molecule has 1 heterocycles. The lowest BCUT2D eigenvalue weighted by Crippen LogP contribution is -2.53. The smallest absolute Gasteiger partial charge is 0.203 e. The minimum Gasteiger partial charge on any atom is -0.378 e. The average molecular weight is 468 g/mol. The quantitative estimate of drug-likeness (QED) is 0.426. The highest BCUT2D eigenvalue weighted by Crippen LogP contribution is 2.59. The molecule has 3 saturated carbocycles. The van der Waals surface area contributed by atoms with E-state index in [2.05, 4.69) is 74.7 Å². The first-order valence-corrected chi connectivity index (χ1v) is 12.5. The number of fused-ring (bicyclic) bond motifs is 2. The zero-order chi connectivity index (χ0) is 23.9. The number of anilines is 2. The summed E-state index contributed by atoms with van der Waals surface area (Å²) in [5, 5.41) is 16.7. The Morgan fingerprint density at radius 3 is 2.53 bits per heavy atom. The summed E-state index contributed by atoms with van der Waals surface area (Å²) in [7, 11) is 4.12. The fourth-order valence-electron chi connectivity index (χ4n) is 5.05. The molecule has 34 heavy (non-hydrogen) atoms. The average Bonchev–Trinajstić information content (AvgIpc) is 3.32. The minimum atomic E-state index is 0.281. The molecule has 0 amide bonds. The molecule has 6 rings (SSSR count). The van der Waals surface area contributed by atoms with Crippen LogP contribution in [0, 0.1) is 28.6 Å². The maximum atomic E-state index is 9.01. The summed E-state index contributed by atoms with van der Waals surface area (Å²) in [6, 6.07) is 18.4. The highest BCUT2D eigenvalue weighted by Gasteiger charge is 2.54. The van der Waals surface area contributed by atoms with E-state index < -0.39 is 0 Å². The van der Waals surface area contributed by atoms with Crippen molar-refractivity contribution in [3.63, 3.8) is 0 Å². The molecule has 3 fully saturated rings. The van der Waals surface area contributed by atoms with E-state index in [1.54, 1.807) is 11.3 Å². The number of nitriles is 1.